The Balaban J connectivity index is 1.09. The molecule has 0 bridgehead atoms. The van der Waals surface area contributed by atoms with E-state index in [1.54, 1.807) is 12.1 Å². The number of carbonyl (C=O) groups excluding carboxylic acids is 1. The SMILES string of the molecule is Cc1ccc2c(c1)c1c3n2CCN(C[C@@H](O)CN2CCN(C(=O)c4ccco4)CC2)[C@@H]3CCC1. The molecule has 0 radical (unpaired) electrons. The van der Waals surface area contributed by atoms with Gasteiger partial charge in [-0.15, -0.1) is 0 Å². The molecule has 1 aromatic carbocycles. The molecule has 7 heteroatoms. The summed E-state index contributed by atoms with van der Waals surface area (Å²) in [5, 5.41) is 12.5. The summed E-state index contributed by atoms with van der Waals surface area (Å²) in [4.78, 5) is 19.1. The Morgan fingerprint density at radius 1 is 1.12 bits per heavy atom. The third kappa shape index (κ3) is 3.85. The van der Waals surface area contributed by atoms with Gasteiger partial charge in [0.15, 0.2) is 5.76 Å². The molecule has 1 amide bonds. The number of aromatic nitrogens is 1. The molecule has 2 aromatic heterocycles. The van der Waals surface area contributed by atoms with Gasteiger partial charge in [-0.3, -0.25) is 14.6 Å². The number of hydrogen-bond acceptors (Lipinski definition) is 5. The maximum absolute atomic E-state index is 12.5. The number of benzene rings is 1. The fourth-order valence-electron chi connectivity index (χ4n) is 6.33. The second-order valence-corrected chi connectivity index (χ2v) is 10.2. The van der Waals surface area contributed by atoms with Gasteiger partial charge in [-0.05, 0) is 56.0 Å². The average Bonchev–Trinajstić information content (AvgIpc) is 3.49. The first-order valence-electron chi connectivity index (χ1n) is 12.7. The first-order valence-corrected chi connectivity index (χ1v) is 12.7. The van der Waals surface area contributed by atoms with Gasteiger partial charge in [0.2, 0.25) is 0 Å². The first kappa shape index (κ1) is 21.9. The van der Waals surface area contributed by atoms with Crippen molar-refractivity contribution in [3.63, 3.8) is 0 Å². The summed E-state index contributed by atoms with van der Waals surface area (Å²) in [5.41, 5.74) is 5.73. The summed E-state index contributed by atoms with van der Waals surface area (Å²) >= 11 is 0. The molecule has 0 spiro atoms. The smallest absolute Gasteiger partial charge is 0.289 e. The van der Waals surface area contributed by atoms with Crippen LogP contribution in [0.4, 0.5) is 0 Å². The molecule has 3 aromatic rings. The summed E-state index contributed by atoms with van der Waals surface area (Å²) in [6.45, 7) is 8.41. The Morgan fingerprint density at radius 2 is 1.97 bits per heavy atom. The molecule has 0 unspecified atom stereocenters. The van der Waals surface area contributed by atoms with Crippen LogP contribution in [0.15, 0.2) is 41.0 Å². The van der Waals surface area contributed by atoms with Crippen molar-refractivity contribution in [2.24, 2.45) is 0 Å². The van der Waals surface area contributed by atoms with Crippen LogP contribution in [0.3, 0.4) is 0 Å². The summed E-state index contributed by atoms with van der Waals surface area (Å²) < 4.78 is 7.80. The number of nitrogens with zero attached hydrogens (tertiary/aromatic N) is 4. The van der Waals surface area contributed by atoms with Crippen LogP contribution in [0.1, 0.15) is 46.3 Å². The molecule has 2 atom stereocenters. The highest BCUT2D eigenvalue weighted by Gasteiger charge is 2.35. The van der Waals surface area contributed by atoms with Crippen LogP contribution < -0.4 is 0 Å². The van der Waals surface area contributed by atoms with Crippen molar-refractivity contribution in [1.82, 2.24) is 19.3 Å². The number of fused-ring (bicyclic) bond motifs is 3. The highest BCUT2D eigenvalue weighted by Crippen LogP contribution is 2.42. The van der Waals surface area contributed by atoms with Crippen molar-refractivity contribution < 1.29 is 14.3 Å². The molecule has 0 saturated carbocycles. The molecular weight excluding hydrogens is 428 g/mol. The minimum absolute atomic E-state index is 0.0443. The number of rotatable bonds is 5. The van der Waals surface area contributed by atoms with E-state index < -0.39 is 6.10 Å². The first-order chi connectivity index (χ1) is 16.6. The zero-order valence-electron chi connectivity index (χ0n) is 19.9. The molecule has 1 fully saturated rings. The van der Waals surface area contributed by atoms with Gasteiger partial charge in [0.05, 0.1) is 18.4 Å². The van der Waals surface area contributed by atoms with Crippen LogP contribution in [0.5, 0.6) is 0 Å². The molecule has 1 aliphatic carbocycles. The molecule has 1 saturated heterocycles. The fourth-order valence-corrected chi connectivity index (χ4v) is 6.33. The van der Waals surface area contributed by atoms with Crippen LogP contribution in [-0.4, -0.2) is 82.2 Å². The predicted octanol–water partition coefficient (Wildman–Crippen LogP) is 3.05. The summed E-state index contributed by atoms with van der Waals surface area (Å²) in [6, 6.07) is 10.7. The summed E-state index contributed by atoms with van der Waals surface area (Å²) in [5.74, 6) is 0.357. The van der Waals surface area contributed by atoms with Gasteiger partial charge in [-0.2, -0.15) is 0 Å². The number of aliphatic hydroxyl groups is 1. The number of furan rings is 1. The Morgan fingerprint density at radius 3 is 2.76 bits per heavy atom. The van der Waals surface area contributed by atoms with E-state index in [0.29, 0.717) is 38.0 Å². The van der Waals surface area contributed by atoms with E-state index in [-0.39, 0.29) is 5.91 Å². The average molecular weight is 463 g/mol. The third-order valence-electron chi connectivity index (χ3n) is 7.95. The Bertz CT molecular complexity index is 1180. The monoisotopic (exact) mass is 462 g/mol. The van der Waals surface area contributed by atoms with Crippen molar-refractivity contribution in [1.29, 1.82) is 0 Å². The second kappa shape index (κ2) is 8.87. The van der Waals surface area contributed by atoms with Crippen LogP contribution in [0.25, 0.3) is 10.9 Å². The molecule has 4 heterocycles. The predicted molar refractivity (Wildman–Crippen MR) is 131 cm³/mol. The molecular formula is C27H34N4O3. The van der Waals surface area contributed by atoms with E-state index in [2.05, 4.69) is 39.5 Å². The maximum atomic E-state index is 12.5. The number of amides is 1. The van der Waals surface area contributed by atoms with Crippen LogP contribution in [0.2, 0.25) is 0 Å². The van der Waals surface area contributed by atoms with Gasteiger partial charge in [-0.1, -0.05) is 11.6 Å². The number of aryl methyl sites for hydroxylation is 2. The van der Waals surface area contributed by atoms with E-state index in [1.165, 1.54) is 46.8 Å². The van der Waals surface area contributed by atoms with E-state index in [0.717, 1.165) is 32.6 Å². The lowest BCUT2D eigenvalue weighted by molar-refractivity contribution is 0.0271. The summed E-state index contributed by atoms with van der Waals surface area (Å²) in [6.07, 6.45) is 4.69. The van der Waals surface area contributed by atoms with Gasteiger partial charge in [-0.25, -0.2) is 0 Å². The van der Waals surface area contributed by atoms with Gasteiger partial charge >= 0.3 is 0 Å². The minimum atomic E-state index is -0.393. The van der Waals surface area contributed by atoms with E-state index in [1.807, 2.05) is 4.90 Å². The standard InChI is InChI=1S/C27H34N4O3/c1-19-7-8-23-22(16-19)21-4-2-5-24-26(21)31(23)14-13-30(24)18-20(32)17-28-9-11-29(12-10-28)27(33)25-6-3-15-34-25/h3,6-8,15-16,20,24,32H,2,4-5,9-14,17-18H2,1H3/t20-,24+/m0/s1. The fraction of sp³-hybridized carbons (Fsp3) is 0.519. The topological polar surface area (TPSA) is 65.1 Å². The van der Waals surface area contributed by atoms with Gasteiger partial charge in [0, 0.05) is 69.0 Å². The molecule has 6 rings (SSSR count). The molecule has 1 N–H and O–H groups in total. The third-order valence-corrected chi connectivity index (χ3v) is 7.95. The van der Waals surface area contributed by atoms with Gasteiger partial charge < -0.3 is 19.0 Å². The van der Waals surface area contributed by atoms with E-state index >= 15 is 0 Å². The van der Waals surface area contributed by atoms with E-state index in [4.69, 9.17) is 4.42 Å². The van der Waals surface area contributed by atoms with Crippen molar-refractivity contribution in [3.05, 3.63) is 59.2 Å². The van der Waals surface area contributed by atoms with Crippen molar-refractivity contribution >= 4 is 16.8 Å². The lowest BCUT2D eigenvalue weighted by atomic mass is 9.89. The highest BCUT2D eigenvalue weighted by atomic mass is 16.3. The number of aliphatic hydroxyl groups excluding tert-OH is 1. The van der Waals surface area contributed by atoms with Crippen LogP contribution in [0, 0.1) is 6.92 Å². The van der Waals surface area contributed by atoms with Gasteiger partial charge in [0.25, 0.3) is 5.91 Å². The minimum Gasteiger partial charge on any atom is -0.459 e. The number of carbonyl (C=O) groups is 1. The van der Waals surface area contributed by atoms with Crippen molar-refractivity contribution in [2.75, 3.05) is 45.8 Å². The van der Waals surface area contributed by atoms with Gasteiger partial charge in [0.1, 0.15) is 0 Å². The number of piperazine rings is 1. The largest absolute Gasteiger partial charge is 0.459 e. The zero-order valence-corrected chi connectivity index (χ0v) is 19.9. The highest BCUT2D eigenvalue weighted by molar-refractivity contribution is 5.91. The maximum Gasteiger partial charge on any atom is 0.289 e. The van der Waals surface area contributed by atoms with Crippen LogP contribution >= 0.6 is 0 Å². The normalized spacial score (nSPS) is 22.2. The Labute approximate surface area is 200 Å². The van der Waals surface area contributed by atoms with E-state index in [9.17, 15) is 9.90 Å². The molecule has 7 nitrogen and oxygen atoms in total. The zero-order chi connectivity index (χ0) is 23.2. The quantitative estimate of drug-likeness (QED) is 0.631. The lowest BCUT2D eigenvalue weighted by Gasteiger charge is -2.41. The molecule has 2 aliphatic heterocycles. The number of β-amino-alcohol motifs (C(OH)–C–C–N with tert-alkyl or cyclic N) is 1. The lowest BCUT2D eigenvalue weighted by Crippen LogP contribution is -2.52. The Hall–Kier alpha value is -2.61. The Kier molecular flexibility index (Phi) is 5.71. The van der Waals surface area contributed by atoms with Crippen LogP contribution in [-0.2, 0) is 13.0 Å². The van der Waals surface area contributed by atoms with Crippen molar-refractivity contribution in [2.45, 2.75) is 44.9 Å². The molecule has 34 heavy (non-hydrogen) atoms. The van der Waals surface area contributed by atoms with Crippen molar-refractivity contribution in [3.8, 4) is 0 Å². The molecule has 3 aliphatic rings. The second-order valence-electron chi connectivity index (χ2n) is 10.2. The summed E-state index contributed by atoms with van der Waals surface area (Å²) in [7, 11) is 0. The molecule has 180 valence electrons. The number of hydrogen-bond donors (Lipinski definition) is 1.